The van der Waals surface area contributed by atoms with Crippen molar-refractivity contribution in [2.24, 2.45) is 0 Å². The van der Waals surface area contributed by atoms with E-state index in [1.54, 1.807) is 0 Å². The summed E-state index contributed by atoms with van der Waals surface area (Å²) in [4.78, 5) is 11.5. The zero-order valence-electron chi connectivity index (χ0n) is 12.1. The number of hydrogen-bond donors (Lipinski definition) is 0. The molecule has 0 heterocycles. The molecule has 0 fully saturated rings. The normalized spacial score (nSPS) is 11.8. The summed E-state index contributed by atoms with van der Waals surface area (Å²) in [5.41, 5.74) is 1.27. The van der Waals surface area contributed by atoms with Gasteiger partial charge in [0.15, 0.2) is 5.78 Å². The summed E-state index contributed by atoms with van der Waals surface area (Å²) in [5, 5.41) is 0. The van der Waals surface area contributed by atoms with Gasteiger partial charge >= 0.3 is 0 Å². The first-order valence-corrected chi connectivity index (χ1v) is 7.40. The van der Waals surface area contributed by atoms with Crippen molar-refractivity contribution in [3.63, 3.8) is 0 Å². The van der Waals surface area contributed by atoms with E-state index < -0.39 is 0 Å². The highest BCUT2D eigenvalue weighted by Gasteiger charge is 1.98. The van der Waals surface area contributed by atoms with E-state index in [1.165, 1.54) is 44.1 Å². The Morgan fingerprint density at radius 2 is 1.41 bits per heavy atom. The average Bonchev–Trinajstić information content (AvgIpc) is 2.31. The van der Waals surface area contributed by atoms with Crippen LogP contribution < -0.4 is 0 Å². The summed E-state index contributed by atoms with van der Waals surface area (Å²) in [6, 6.07) is 0. The lowest BCUT2D eigenvalue weighted by Gasteiger charge is -2.02. The number of allylic oxidation sites excluding steroid dienone is 2. The van der Waals surface area contributed by atoms with E-state index in [9.17, 15) is 4.79 Å². The first kappa shape index (κ1) is 16.4. The van der Waals surface area contributed by atoms with Crippen LogP contribution in [0.2, 0.25) is 0 Å². The first-order valence-electron chi connectivity index (χ1n) is 7.40. The molecular formula is C16H30O. The monoisotopic (exact) mass is 238 g/mol. The van der Waals surface area contributed by atoms with Gasteiger partial charge in [0.05, 0.1) is 0 Å². The maximum Gasteiger partial charge on any atom is 0.155 e. The molecule has 0 aromatic rings. The highest BCUT2D eigenvalue weighted by Crippen LogP contribution is 2.12. The molecule has 0 saturated carbocycles. The average molecular weight is 238 g/mol. The molecule has 0 aliphatic rings. The van der Waals surface area contributed by atoms with Gasteiger partial charge in [-0.2, -0.15) is 0 Å². The zero-order chi connectivity index (χ0) is 12.9. The van der Waals surface area contributed by atoms with Crippen molar-refractivity contribution in [3.8, 4) is 0 Å². The van der Waals surface area contributed by atoms with Gasteiger partial charge in [0.2, 0.25) is 0 Å². The van der Waals surface area contributed by atoms with Crippen molar-refractivity contribution in [2.45, 2.75) is 85.0 Å². The number of carbonyl (C=O) groups excluding carboxylic acids is 1. The maximum absolute atomic E-state index is 11.5. The SMILES string of the molecule is CCCCCCCC/C(C)=C/C(=O)CCCC. The van der Waals surface area contributed by atoms with E-state index in [-0.39, 0.29) is 0 Å². The van der Waals surface area contributed by atoms with Crippen LogP contribution in [0.5, 0.6) is 0 Å². The highest BCUT2D eigenvalue weighted by atomic mass is 16.1. The molecule has 100 valence electrons. The largest absolute Gasteiger partial charge is 0.295 e. The number of hydrogen-bond acceptors (Lipinski definition) is 1. The van der Waals surface area contributed by atoms with Gasteiger partial charge in [0.25, 0.3) is 0 Å². The van der Waals surface area contributed by atoms with Crippen LogP contribution in [-0.4, -0.2) is 5.78 Å². The second-order valence-electron chi connectivity index (χ2n) is 5.08. The van der Waals surface area contributed by atoms with Crippen LogP contribution in [0.1, 0.15) is 85.0 Å². The van der Waals surface area contributed by atoms with E-state index in [2.05, 4.69) is 20.8 Å². The lowest BCUT2D eigenvalue weighted by molar-refractivity contribution is -0.114. The molecule has 1 heteroatoms. The van der Waals surface area contributed by atoms with Crippen LogP contribution in [0.4, 0.5) is 0 Å². The molecule has 0 aromatic heterocycles. The van der Waals surface area contributed by atoms with Crippen LogP contribution in [0.15, 0.2) is 11.6 Å². The minimum absolute atomic E-state index is 0.315. The molecular weight excluding hydrogens is 208 g/mol. The van der Waals surface area contributed by atoms with E-state index in [4.69, 9.17) is 0 Å². The Labute approximate surface area is 108 Å². The van der Waals surface area contributed by atoms with Gasteiger partial charge in [0.1, 0.15) is 0 Å². The molecule has 0 bridgehead atoms. The Morgan fingerprint density at radius 3 is 2.06 bits per heavy atom. The molecule has 0 aliphatic heterocycles. The molecule has 0 aromatic carbocycles. The summed E-state index contributed by atoms with van der Waals surface area (Å²) in [7, 11) is 0. The minimum Gasteiger partial charge on any atom is -0.295 e. The molecule has 1 nitrogen and oxygen atoms in total. The Bertz CT molecular complexity index is 216. The van der Waals surface area contributed by atoms with Gasteiger partial charge in [-0.05, 0) is 32.3 Å². The molecule has 0 rings (SSSR count). The third-order valence-electron chi connectivity index (χ3n) is 3.11. The van der Waals surface area contributed by atoms with Crippen molar-refractivity contribution in [1.82, 2.24) is 0 Å². The van der Waals surface area contributed by atoms with Gasteiger partial charge in [-0.25, -0.2) is 0 Å². The summed E-state index contributed by atoms with van der Waals surface area (Å²) < 4.78 is 0. The summed E-state index contributed by atoms with van der Waals surface area (Å²) in [6.45, 7) is 6.46. The van der Waals surface area contributed by atoms with Crippen LogP contribution in [0.25, 0.3) is 0 Å². The van der Waals surface area contributed by atoms with Crippen molar-refractivity contribution in [1.29, 1.82) is 0 Å². The Morgan fingerprint density at radius 1 is 0.824 bits per heavy atom. The fourth-order valence-electron chi connectivity index (χ4n) is 1.95. The molecule has 0 amide bonds. The fraction of sp³-hybridized carbons (Fsp3) is 0.812. The molecule has 0 saturated heterocycles. The predicted octanol–water partition coefficient (Wildman–Crippen LogP) is 5.44. The Kier molecular flexibility index (Phi) is 11.5. The maximum atomic E-state index is 11.5. The number of rotatable bonds is 11. The predicted molar refractivity (Wildman–Crippen MR) is 76.3 cm³/mol. The van der Waals surface area contributed by atoms with E-state index in [0.717, 1.165) is 25.7 Å². The minimum atomic E-state index is 0.315. The third kappa shape index (κ3) is 11.7. The lowest BCUT2D eigenvalue weighted by Crippen LogP contribution is -1.94. The van der Waals surface area contributed by atoms with Gasteiger partial charge in [0, 0.05) is 6.42 Å². The Balaban J connectivity index is 3.52. The van der Waals surface area contributed by atoms with Crippen molar-refractivity contribution < 1.29 is 4.79 Å². The van der Waals surface area contributed by atoms with Crippen molar-refractivity contribution >= 4 is 5.78 Å². The highest BCUT2D eigenvalue weighted by molar-refractivity contribution is 5.90. The fourth-order valence-corrected chi connectivity index (χ4v) is 1.95. The first-order chi connectivity index (χ1) is 8.20. The smallest absolute Gasteiger partial charge is 0.155 e. The van der Waals surface area contributed by atoms with Gasteiger partial charge in [-0.3, -0.25) is 4.79 Å². The van der Waals surface area contributed by atoms with E-state index >= 15 is 0 Å². The standard InChI is InChI=1S/C16H30O/c1-4-6-8-9-10-11-12-15(3)14-16(17)13-7-5-2/h14H,4-13H2,1-3H3/b15-14+. The van der Waals surface area contributed by atoms with Crippen molar-refractivity contribution in [3.05, 3.63) is 11.6 Å². The molecule has 0 aliphatic carbocycles. The third-order valence-corrected chi connectivity index (χ3v) is 3.11. The van der Waals surface area contributed by atoms with Crippen molar-refractivity contribution in [2.75, 3.05) is 0 Å². The molecule has 0 spiro atoms. The zero-order valence-corrected chi connectivity index (χ0v) is 12.1. The van der Waals surface area contributed by atoms with Gasteiger partial charge in [-0.1, -0.05) is 57.9 Å². The van der Waals surface area contributed by atoms with E-state index in [1.807, 2.05) is 6.08 Å². The quantitative estimate of drug-likeness (QED) is 0.346. The lowest BCUT2D eigenvalue weighted by atomic mass is 10.0. The molecule has 0 N–H and O–H groups in total. The van der Waals surface area contributed by atoms with Gasteiger partial charge < -0.3 is 0 Å². The van der Waals surface area contributed by atoms with Crippen LogP contribution in [-0.2, 0) is 4.79 Å². The van der Waals surface area contributed by atoms with Crippen LogP contribution in [0.3, 0.4) is 0 Å². The van der Waals surface area contributed by atoms with E-state index in [0.29, 0.717) is 5.78 Å². The second-order valence-corrected chi connectivity index (χ2v) is 5.08. The Hall–Kier alpha value is -0.590. The summed E-state index contributed by atoms with van der Waals surface area (Å²) in [6.07, 6.45) is 13.8. The molecule has 17 heavy (non-hydrogen) atoms. The molecule has 0 radical (unpaired) electrons. The van der Waals surface area contributed by atoms with Gasteiger partial charge in [-0.15, -0.1) is 0 Å². The van der Waals surface area contributed by atoms with Crippen LogP contribution in [0, 0.1) is 0 Å². The van der Waals surface area contributed by atoms with Crippen LogP contribution >= 0.6 is 0 Å². The second kappa shape index (κ2) is 11.9. The summed E-state index contributed by atoms with van der Waals surface area (Å²) >= 11 is 0. The molecule has 0 unspecified atom stereocenters. The summed E-state index contributed by atoms with van der Waals surface area (Å²) in [5.74, 6) is 0.315. The number of ketones is 1. The topological polar surface area (TPSA) is 17.1 Å². The molecule has 0 atom stereocenters. The number of unbranched alkanes of at least 4 members (excludes halogenated alkanes) is 6. The number of carbonyl (C=O) groups is 1.